The van der Waals surface area contributed by atoms with Gasteiger partial charge in [0.05, 0.1) is 6.54 Å². The summed E-state index contributed by atoms with van der Waals surface area (Å²) in [6.07, 6.45) is 1.79. The van der Waals surface area contributed by atoms with Gasteiger partial charge in [-0.15, -0.1) is 0 Å². The van der Waals surface area contributed by atoms with E-state index < -0.39 is 0 Å². The van der Waals surface area contributed by atoms with E-state index in [0.29, 0.717) is 17.8 Å². The van der Waals surface area contributed by atoms with Crippen molar-refractivity contribution in [1.82, 2.24) is 9.88 Å². The lowest BCUT2D eigenvalue weighted by Crippen LogP contribution is -2.48. The van der Waals surface area contributed by atoms with Crippen molar-refractivity contribution in [3.05, 3.63) is 54.0 Å². The number of piperazine rings is 1. The third kappa shape index (κ3) is 4.08. The topological polar surface area (TPSA) is 48.5 Å². The number of nitrogens with one attached hydrogen (secondary N) is 1. The molecule has 0 bridgehead atoms. The fraction of sp³-hybridized carbons (Fsp3) is 0.333. The average molecular weight is 328 g/mol. The van der Waals surface area contributed by atoms with Crippen molar-refractivity contribution in [2.24, 2.45) is 0 Å². The van der Waals surface area contributed by atoms with Gasteiger partial charge in [-0.2, -0.15) is 0 Å². The first-order chi connectivity index (χ1) is 11.6. The zero-order valence-electron chi connectivity index (χ0n) is 13.7. The van der Waals surface area contributed by atoms with Crippen LogP contribution in [0.25, 0.3) is 0 Å². The standard InChI is InChI=1S/C18H21FN4O/c1-14-5-6-15(12-16(14)19)21-18(24)13-22-8-10-23(11-9-22)17-4-2-3-7-20-17/h2-7,12H,8-11,13H2,1H3,(H,21,24). The van der Waals surface area contributed by atoms with E-state index in [4.69, 9.17) is 0 Å². The van der Waals surface area contributed by atoms with E-state index in [1.165, 1.54) is 6.07 Å². The van der Waals surface area contributed by atoms with Crippen molar-refractivity contribution in [2.75, 3.05) is 42.9 Å². The summed E-state index contributed by atoms with van der Waals surface area (Å²) in [6.45, 7) is 5.28. The molecule has 1 fully saturated rings. The largest absolute Gasteiger partial charge is 0.354 e. The van der Waals surface area contributed by atoms with Crippen LogP contribution >= 0.6 is 0 Å². The minimum Gasteiger partial charge on any atom is -0.354 e. The summed E-state index contributed by atoms with van der Waals surface area (Å²) in [4.78, 5) is 20.8. The van der Waals surface area contributed by atoms with Crippen LogP contribution in [0.2, 0.25) is 0 Å². The summed E-state index contributed by atoms with van der Waals surface area (Å²) in [6, 6.07) is 10.6. The number of hydrogen-bond donors (Lipinski definition) is 1. The van der Waals surface area contributed by atoms with E-state index in [2.05, 4.69) is 20.1 Å². The predicted molar refractivity (Wildman–Crippen MR) is 92.7 cm³/mol. The fourth-order valence-electron chi connectivity index (χ4n) is 2.75. The summed E-state index contributed by atoms with van der Waals surface area (Å²) in [5.74, 6) is 0.540. The Morgan fingerprint density at radius 1 is 1.21 bits per heavy atom. The monoisotopic (exact) mass is 328 g/mol. The van der Waals surface area contributed by atoms with Gasteiger partial charge in [-0.05, 0) is 36.8 Å². The molecule has 0 saturated carbocycles. The Kier molecular flexibility index (Phi) is 5.05. The van der Waals surface area contributed by atoms with Crippen LogP contribution in [-0.2, 0) is 4.79 Å². The van der Waals surface area contributed by atoms with E-state index in [9.17, 15) is 9.18 Å². The summed E-state index contributed by atoms with van der Waals surface area (Å²) in [5.41, 5.74) is 1.06. The molecule has 0 radical (unpaired) electrons. The minimum absolute atomic E-state index is 0.121. The van der Waals surface area contributed by atoms with Gasteiger partial charge in [-0.25, -0.2) is 9.37 Å². The molecule has 2 heterocycles. The molecule has 0 aliphatic carbocycles. The van der Waals surface area contributed by atoms with Crippen LogP contribution in [0.5, 0.6) is 0 Å². The summed E-state index contributed by atoms with van der Waals surface area (Å²) in [5, 5.41) is 2.75. The number of aryl methyl sites for hydroxylation is 1. The molecular weight excluding hydrogens is 307 g/mol. The smallest absolute Gasteiger partial charge is 0.238 e. The third-order valence-corrected chi connectivity index (χ3v) is 4.17. The lowest BCUT2D eigenvalue weighted by Gasteiger charge is -2.34. The number of rotatable bonds is 4. The highest BCUT2D eigenvalue weighted by atomic mass is 19.1. The Bertz CT molecular complexity index is 699. The number of pyridine rings is 1. The molecule has 0 spiro atoms. The van der Waals surface area contributed by atoms with Crippen LogP contribution in [0.4, 0.5) is 15.9 Å². The molecule has 24 heavy (non-hydrogen) atoms. The maximum absolute atomic E-state index is 13.5. The van der Waals surface area contributed by atoms with Gasteiger partial charge in [0.15, 0.2) is 0 Å². The van der Waals surface area contributed by atoms with Gasteiger partial charge in [0.2, 0.25) is 5.91 Å². The molecule has 1 aromatic heterocycles. The number of carbonyl (C=O) groups excluding carboxylic acids is 1. The highest BCUT2D eigenvalue weighted by molar-refractivity contribution is 5.92. The molecule has 126 valence electrons. The second-order valence-electron chi connectivity index (χ2n) is 5.96. The van der Waals surface area contributed by atoms with Crippen LogP contribution in [-0.4, -0.2) is 48.5 Å². The Hall–Kier alpha value is -2.47. The molecule has 1 aliphatic heterocycles. The van der Waals surface area contributed by atoms with Gasteiger partial charge < -0.3 is 10.2 Å². The first-order valence-electron chi connectivity index (χ1n) is 8.06. The Morgan fingerprint density at radius 2 is 2.00 bits per heavy atom. The van der Waals surface area contributed by atoms with Crippen molar-refractivity contribution in [3.8, 4) is 0 Å². The second kappa shape index (κ2) is 7.40. The van der Waals surface area contributed by atoms with E-state index in [1.54, 1.807) is 25.3 Å². The normalized spacial score (nSPS) is 15.3. The zero-order chi connectivity index (χ0) is 16.9. The van der Waals surface area contributed by atoms with Crippen molar-refractivity contribution in [1.29, 1.82) is 0 Å². The molecule has 2 aromatic rings. The second-order valence-corrected chi connectivity index (χ2v) is 5.96. The van der Waals surface area contributed by atoms with Crippen LogP contribution in [0.3, 0.4) is 0 Å². The summed E-state index contributed by atoms with van der Waals surface area (Å²) >= 11 is 0. The van der Waals surface area contributed by atoms with Crippen molar-refractivity contribution in [2.45, 2.75) is 6.92 Å². The van der Waals surface area contributed by atoms with Crippen molar-refractivity contribution >= 4 is 17.4 Å². The van der Waals surface area contributed by atoms with Gasteiger partial charge in [-0.1, -0.05) is 12.1 Å². The third-order valence-electron chi connectivity index (χ3n) is 4.17. The van der Waals surface area contributed by atoms with Crippen molar-refractivity contribution in [3.63, 3.8) is 0 Å². The van der Waals surface area contributed by atoms with Crippen LogP contribution in [0.15, 0.2) is 42.6 Å². The number of anilines is 2. The highest BCUT2D eigenvalue weighted by Gasteiger charge is 2.19. The Morgan fingerprint density at radius 3 is 2.67 bits per heavy atom. The fourth-order valence-corrected chi connectivity index (χ4v) is 2.75. The Labute approximate surface area is 141 Å². The number of carbonyl (C=O) groups is 1. The molecule has 1 amide bonds. The molecular formula is C18H21FN4O. The quantitative estimate of drug-likeness (QED) is 0.935. The molecule has 6 heteroatoms. The van der Waals surface area contributed by atoms with E-state index in [-0.39, 0.29) is 11.7 Å². The Balaban J connectivity index is 1.49. The van der Waals surface area contributed by atoms with E-state index >= 15 is 0 Å². The number of hydrogen-bond acceptors (Lipinski definition) is 4. The SMILES string of the molecule is Cc1ccc(NC(=O)CN2CCN(c3ccccn3)CC2)cc1F. The molecule has 5 nitrogen and oxygen atoms in total. The average Bonchev–Trinajstić information content (AvgIpc) is 2.59. The lowest BCUT2D eigenvalue weighted by molar-refractivity contribution is -0.117. The molecule has 0 atom stereocenters. The maximum atomic E-state index is 13.5. The highest BCUT2D eigenvalue weighted by Crippen LogP contribution is 2.15. The molecule has 1 N–H and O–H groups in total. The first kappa shape index (κ1) is 16.4. The molecule has 1 saturated heterocycles. The minimum atomic E-state index is -0.309. The van der Waals surface area contributed by atoms with Gasteiger partial charge >= 0.3 is 0 Å². The molecule has 1 aliphatic rings. The number of halogens is 1. The van der Waals surface area contributed by atoms with E-state index in [1.807, 2.05) is 18.2 Å². The number of amides is 1. The van der Waals surface area contributed by atoms with Gasteiger partial charge in [0.1, 0.15) is 11.6 Å². The zero-order valence-corrected chi connectivity index (χ0v) is 13.7. The van der Waals surface area contributed by atoms with Crippen molar-refractivity contribution < 1.29 is 9.18 Å². The summed E-state index contributed by atoms with van der Waals surface area (Å²) in [7, 11) is 0. The number of nitrogens with zero attached hydrogens (tertiary/aromatic N) is 3. The maximum Gasteiger partial charge on any atom is 0.238 e. The molecule has 1 aromatic carbocycles. The molecule has 0 unspecified atom stereocenters. The van der Waals surface area contributed by atoms with Gasteiger partial charge in [0.25, 0.3) is 0 Å². The number of benzene rings is 1. The van der Waals surface area contributed by atoms with Gasteiger partial charge in [-0.3, -0.25) is 9.69 Å². The predicted octanol–water partition coefficient (Wildman–Crippen LogP) is 2.29. The first-order valence-corrected chi connectivity index (χ1v) is 8.06. The van der Waals surface area contributed by atoms with Crippen LogP contribution in [0, 0.1) is 12.7 Å². The van der Waals surface area contributed by atoms with Gasteiger partial charge in [0, 0.05) is 38.1 Å². The van der Waals surface area contributed by atoms with Crippen LogP contribution < -0.4 is 10.2 Å². The number of aromatic nitrogens is 1. The van der Waals surface area contributed by atoms with Crippen LogP contribution in [0.1, 0.15) is 5.56 Å². The summed E-state index contributed by atoms with van der Waals surface area (Å²) < 4.78 is 13.5. The van der Waals surface area contributed by atoms with E-state index in [0.717, 1.165) is 32.0 Å². The molecule has 3 rings (SSSR count). The lowest BCUT2D eigenvalue weighted by atomic mass is 10.2.